The second kappa shape index (κ2) is 13.5. The van der Waals surface area contributed by atoms with Crippen LogP contribution >= 0.6 is 23.1 Å². The van der Waals surface area contributed by atoms with E-state index in [1.54, 1.807) is 35.2 Å². The van der Waals surface area contributed by atoms with Gasteiger partial charge in [0.1, 0.15) is 5.56 Å². The average Bonchev–Trinajstić information content (AvgIpc) is 3.50. The van der Waals surface area contributed by atoms with Crippen molar-refractivity contribution in [3.05, 3.63) is 124 Å². The number of anilines is 1. The Kier molecular flexibility index (Phi) is 9.39. The second-order valence-electron chi connectivity index (χ2n) is 10.6. The number of aliphatic hydroxyl groups excluding tert-OH is 1. The fourth-order valence-corrected chi connectivity index (χ4v) is 7.36. The van der Waals surface area contributed by atoms with Gasteiger partial charge in [0.15, 0.2) is 33.9 Å². The standard InChI is InChI=1S/C33H25F5N2O4S2/c1-16-22(15-45-33-40-21-4-2-3-5-23(21)46-33)43-32(44-30(16)18-8-6-17(14-41)7-9-18)19-10-12-20(13-11-19)39-31(42)24-25(34)27(36)29(38)28(37)26(24)35/h2-13,16,22,30,32,41H,14-15H2,1H3,(H,39,42)/t16-,22+,30+,32+/m0/s1. The first-order valence-electron chi connectivity index (χ1n) is 14.1. The van der Waals surface area contributed by atoms with E-state index in [1.807, 2.05) is 55.5 Å². The van der Waals surface area contributed by atoms with Crippen LogP contribution in [0.1, 0.15) is 46.4 Å². The zero-order chi connectivity index (χ0) is 32.5. The summed E-state index contributed by atoms with van der Waals surface area (Å²) in [7, 11) is 0. The van der Waals surface area contributed by atoms with E-state index in [9.17, 15) is 31.9 Å². The third-order valence-corrected chi connectivity index (χ3v) is 9.91. The number of hydrogen-bond acceptors (Lipinski definition) is 7. The fraction of sp³-hybridized carbons (Fsp3) is 0.212. The van der Waals surface area contributed by atoms with E-state index < -0.39 is 46.8 Å². The molecule has 13 heteroatoms. The minimum absolute atomic E-state index is 0.0425. The van der Waals surface area contributed by atoms with Crippen molar-refractivity contribution >= 4 is 44.9 Å². The molecule has 1 saturated heterocycles. The maximum Gasteiger partial charge on any atom is 0.261 e. The quantitative estimate of drug-likeness (QED) is 0.0747. The minimum Gasteiger partial charge on any atom is -0.392 e. The van der Waals surface area contributed by atoms with E-state index >= 15 is 0 Å². The molecule has 0 aliphatic carbocycles. The van der Waals surface area contributed by atoms with Crippen molar-refractivity contribution in [3.8, 4) is 0 Å². The Bertz CT molecular complexity index is 1830. The van der Waals surface area contributed by atoms with Gasteiger partial charge in [-0.2, -0.15) is 0 Å². The van der Waals surface area contributed by atoms with E-state index in [1.165, 1.54) is 12.1 Å². The minimum atomic E-state index is -2.35. The Balaban J connectivity index is 1.22. The van der Waals surface area contributed by atoms with Crippen LogP contribution in [0.2, 0.25) is 0 Å². The largest absolute Gasteiger partial charge is 0.392 e. The summed E-state index contributed by atoms with van der Waals surface area (Å²) in [6.45, 7) is 1.93. The van der Waals surface area contributed by atoms with Gasteiger partial charge < -0.3 is 19.9 Å². The van der Waals surface area contributed by atoms with Crippen molar-refractivity contribution < 1.29 is 41.3 Å². The number of aromatic nitrogens is 1. The van der Waals surface area contributed by atoms with E-state index in [-0.39, 0.29) is 30.4 Å². The van der Waals surface area contributed by atoms with Crippen molar-refractivity contribution in [1.29, 1.82) is 0 Å². The van der Waals surface area contributed by atoms with Crippen molar-refractivity contribution in [2.24, 2.45) is 5.92 Å². The number of carbonyl (C=O) groups is 1. The lowest BCUT2D eigenvalue weighted by molar-refractivity contribution is -0.268. The number of fused-ring (bicyclic) bond motifs is 1. The van der Waals surface area contributed by atoms with Crippen molar-refractivity contribution in [2.75, 3.05) is 11.1 Å². The van der Waals surface area contributed by atoms with Gasteiger partial charge in [-0.25, -0.2) is 26.9 Å². The smallest absolute Gasteiger partial charge is 0.261 e. The molecule has 1 amide bonds. The Labute approximate surface area is 268 Å². The first-order chi connectivity index (χ1) is 22.1. The first-order valence-corrected chi connectivity index (χ1v) is 15.9. The summed E-state index contributed by atoms with van der Waals surface area (Å²) in [6, 6.07) is 21.2. The van der Waals surface area contributed by atoms with Crippen molar-refractivity contribution in [3.63, 3.8) is 0 Å². The molecular formula is C33H25F5N2O4S2. The summed E-state index contributed by atoms with van der Waals surface area (Å²) in [5.41, 5.74) is 1.58. The van der Waals surface area contributed by atoms with Crippen LogP contribution in [0.5, 0.6) is 0 Å². The summed E-state index contributed by atoms with van der Waals surface area (Å²) in [5.74, 6) is -12.2. The molecule has 46 heavy (non-hydrogen) atoms. The summed E-state index contributed by atoms with van der Waals surface area (Å²) < 4.78 is 83.8. The predicted octanol–water partition coefficient (Wildman–Crippen LogP) is 8.32. The van der Waals surface area contributed by atoms with Crippen LogP contribution in [0.25, 0.3) is 10.2 Å². The number of thiazole rings is 1. The Hall–Kier alpha value is -3.88. The van der Waals surface area contributed by atoms with Crippen molar-refractivity contribution in [2.45, 2.75) is 36.4 Å². The molecule has 1 aliphatic heterocycles. The van der Waals surface area contributed by atoms with Gasteiger partial charge in [0.25, 0.3) is 5.91 Å². The molecule has 0 unspecified atom stereocenters. The summed E-state index contributed by atoms with van der Waals surface area (Å²) in [4.78, 5) is 17.2. The van der Waals surface area contributed by atoms with E-state index in [4.69, 9.17) is 14.5 Å². The number of amides is 1. The van der Waals surface area contributed by atoms with Crippen LogP contribution in [0.4, 0.5) is 27.6 Å². The highest BCUT2D eigenvalue weighted by Gasteiger charge is 2.38. The molecule has 6 rings (SSSR count). The fourth-order valence-electron chi connectivity index (χ4n) is 5.10. The molecule has 4 aromatic carbocycles. The predicted molar refractivity (Wildman–Crippen MR) is 164 cm³/mol. The number of thioether (sulfide) groups is 1. The number of halogens is 5. The third-order valence-electron chi connectivity index (χ3n) is 7.65. The van der Waals surface area contributed by atoms with Gasteiger partial charge in [0, 0.05) is 22.9 Å². The van der Waals surface area contributed by atoms with Gasteiger partial charge in [-0.1, -0.05) is 67.2 Å². The van der Waals surface area contributed by atoms with Crippen LogP contribution in [-0.2, 0) is 16.1 Å². The molecule has 0 saturated carbocycles. The van der Waals surface area contributed by atoms with E-state index in [0.29, 0.717) is 11.3 Å². The third kappa shape index (κ3) is 6.38. The molecule has 238 valence electrons. The number of nitrogens with one attached hydrogen (secondary N) is 1. The number of aliphatic hydroxyl groups is 1. The van der Waals surface area contributed by atoms with Crippen LogP contribution in [0.15, 0.2) is 77.1 Å². The lowest BCUT2D eigenvalue weighted by Gasteiger charge is -2.41. The Morgan fingerprint density at radius 2 is 1.50 bits per heavy atom. The maximum atomic E-state index is 14.1. The first kappa shape index (κ1) is 32.1. The second-order valence-corrected chi connectivity index (χ2v) is 12.9. The number of benzene rings is 4. The molecule has 1 aliphatic rings. The average molecular weight is 673 g/mol. The van der Waals surface area contributed by atoms with Gasteiger partial charge in [0.2, 0.25) is 5.82 Å². The Morgan fingerprint density at radius 3 is 2.15 bits per heavy atom. The number of ether oxygens (including phenoxy) is 2. The molecular weight excluding hydrogens is 647 g/mol. The van der Waals surface area contributed by atoms with Gasteiger partial charge in [-0.05, 0) is 35.4 Å². The highest BCUT2D eigenvalue weighted by atomic mass is 32.2. The van der Waals surface area contributed by atoms with Crippen LogP contribution in [0, 0.1) is 35.0 Å². The van der Waals surface area contributed by atoms with Gasteiger partial charge in [-0.15, -0.1) is 11.3 Å². The topological polar surface area (TPSA) is 80.7 Å². The highest BCUT2D eigenvalue weighted by molar-refractivity contribution is 8.01. The molecule has 0 spiro atoms. The Morgan fingerprint density at radius 1 is 0.870 bits per heavy atom. The molecule has 1 aromatic heterocycles. The van der Waals surface area contributed by atoms with E-state index in [0.717, 1.165) is 25.7 Å². The number of rotatable bonds is 8. The molecule has 4 atom stereocenters. The molecule has 0 bridgehead atoms. The van der Waals surface area contributed by atoms with E-state index in [2.05, 4.69) is 5.32 Å². The normalized spacial score (nSPS) is 19.8. The number of hydrogen-bond donors (Lipinski definition) is 2. The summed E-state index contributed by atoms with van der Waals surface area (Å²) in [5, 5.41) is 11.7. The monoisotopic (exact) mass is 672 g/mol. The zero-order valence-electron chi connectivity index (χ0n) is 24.0. The van der Waals surface area contributed by atoms with Crippen LogP contribution in [-0.4, -0.2) is 27.9 Å². The number of nitrogens with zero attached hydrogens (tertiary/aromatic N) is 1. The lowest BCUT2D eigenvalue weighted by atomic mass is 9.91. The summed E-state index contributed by atoms with van der Waals surface area (Å²) >= 11 is 3.17. The molecule has 6 nitrogen and oxygen atoms in total. The lowest BCUT2D eigenvalue weighted by Crippen LogP contribution is -2.38. The van der Waals surface area contributed by atoms with Crippen LogP contribution < -0.4 is 5.32 Å². The van der Waals surface area contributed by atoms with Gasteiger partial charge >= 0.3 is 0 Å². The van der Waals surface area contributed by atoms with Gasteiger partial charge in [-0.3, -0.25) is 4.79 Å². The summed E-state index contributed by atoms with van der Waals surface area (Å²) in [6.07, 6.45) is -1.52. The molecule has 5 aromatic rings. The molecule has 2 heterocycles. The highest BCUT2D eigenvalue weighted by Crippen LogP contribution is 2.43. The SMILES string of the molecule is C[C@H]1[C@@H](CSc2nc3ccccc3s2)O[C@@H](c2ccc(NC(=O)c3c(F)c(F)c(F)c(F)c3F)cc2)O[C@H]1c1ccc(CO)cc1. The zero-order valence-corrected chi connectivity index (χ0v) is 25.6. The van der Waals surface area contributed by atoms with Crippen molar-refractivity contribution in [1.82, 2.24) is 4.98 Å². The number of para-hydroxylation sites is 1. The molecule has 2 N–H and O–H groups in total. The number of carbonyl (C=O) groups excluding carboxylic acids is 1. The molecule has 1 fully saturated rings. The van der Waals surface area contributed by atoms with Crippen LogP contribution in [0.3, 0.4) is 0 Å². The van der Waals surface area contributed by atoms with Gasteiger partial charge in [0.05, 0.1) is 29.0 Å². The molecule has 0 radical (unpaired) electrons. The maximum absolute atomic E-state index is 14.1.